The Kier molecular flexibility index (Phi) is 2.88. The number of nitrogens with zero attached hydrogens (tertiary/aromatic N) is 4. The third kappa shape index (κ3) is 1.90. The second-order valence-electron chi connectivity index (χ2n) is 2.40. The molecular formula is C7H7N5O2. The van der Waals surface area contributed by atoms with E-state index in [-0.39, 0.29) is 11.4 Å². The van der Waals surface area contributed by atoms with Crippen LogP contribution in [0.25, 0.3) is 10.4 Å². The van der Waals surface area contributed by atoms with Crippen LogP contribution >= 0.6 is 0 Å². The molecule has 0 atom stereocenters. The van der Waals surface area contributed by atoms with Gasteiger partial charge in [0.15, 0.2) is 0 Å². The molecule has 7 nitrogen and oxygen atoms in total. The Balaban J connectivity index is 3.27. The fourth-order valence-corrected chi connectivity index (χ4v) is 0.976. The molecular weight excluding hydrogens is 186 g/mol. The molecule has 1 aromatic rings. The number of nitro groups is 1. The van der Waals surface area contributed by atoms with Crippen LogP contribution in [0.2, 0.25) is 0 Å². The standard InChI is InChI=1S/C7H7N5O2/c1-9-6-3-2-5(12(13)14)4-7(6)10-11-8/h2-4,9H,1H3. The maximum absolute atomic E-state index is 10.4. The second-order valence-corrected chi connectivity index (χ2v) is 2.40. The number of rotatable bonds is 3. The molecule has 1 aromatic carbocycles. The minimum Gasteiger partial charge on any atom is -0.388 e. The first-order valence-electron chi connectivity index (χ1n) is 3.70. The molecule has 72 valence electrons. The van der Waals surface area contributed by atoms with Gasteiger partial charge in [0, 0.05) is 29.8 Å². The van der Waals surface area contributed by atoms with Crippen molar-refractivity contribution in [2.45, 2.75) is 0 Å². The summed E-state index contributed by atoms with van der Waals surface area (Å²) >= 11 is 0. The van der Waals surface area contributed by atoms with Gasteiger partial charge >= 0.3 is 0 Å². The van der Waals surface area contributed by atoms with Gasteiger partial charge in [0.25, 0.3) is 5.69 Å². The molecule has 0 heterocycles. The van der Waals surface area contributed by atoms with Crippen LogP contribution in [0.15, 0.2) is 23.3 Å². The molecule has 1 rings (SSSR count). The van der Waals surface area contributed by atoms with E-state index >= 15 is 0 Å². The van der Waals surface area contributed by atoms with E-state index in [0.29, 0.717) is 5.69 Å². The van der Waals surface area contributed by atoms with Crippen molar-refractivity contribution in [2.75, 3.05) is 12.4 Å². The summed E-state index contributed by atoms with van der Waals surface area (Å²) in [6, 6.07) is 4.04. The second kappa shape index (κ2) is 4.11. The maximum Gasteiger partial charge on any atom is 0.270 e. The number of benzene rings is 1. The molecule has 0 bridgehead atoms. The molecule has 0 fully saturated rings. The summed E-state index contributed by atoms with van der Waals surface area (Å²) in [6.07, 6.45) is 0. The predicted molar refractivity (Wildman–Crippen MR) is 51.4 cm³/mol. The fraction of sp³-hybridized carbons (Fsp3) is 0.143. The fourth-order valence-electron chi connectivity index (χ4n) is 0.976. The number of hydrogen-bond donors (Lipinski definition) is 1. The maximum atomic E-state index is 10.4. The lowest BCUT2D eigenvalue weighted by Crippen LogP contribution is -1.91. The normalized spacial score (nSPS) is 8.93. The Morgan fingerprint density at radius 1 is 1.64 bits per heavy atom. The van der Waals surface area contributed by atoms with Crippen molar-refractivity contribution < 1.29 is 4.92 Å². The summed E-state index contributed by atoms with van der Waals surface area (Å²) in [5, 5.41) is 16.5. The highest BCUT2D eigenvalue weighted by Gasteiger charge is 2.08. The lowest BCUT2D eigenvalue weighted by atomic mass is 10.2. The van der Waals surface area contributed by atoms with Crippen LogP contribution in [0, 0.1) is 10.1 Å². The number of azide groups is 1. The highest BCUT2D eigenvalue weighted by molar-refractivity contribution is 5.68. The average molecular weight is 193 g/mol. The van der Waals surface area contributed by atoms with Gasteiger partial charge in [-0.2, -0.15) is 0 Å². The summed E-state index contributed by atoms with van der Waals surface area (Å²) in [4.78, 5) is 12.4. The SMILES string of the molecule is CNc1ccc([N+](=O)[O-])cc1N=[N+]=[N-]. The summed E-state index contributed by atoms with van der Waals surface area (Å²) in [5.74, 6) is 0. The van der Waals surface area contributed by atoms with Gasteiger partial charge in [-0.3, -0.25) is 10.1 Å². The Hall–Kier alpha value is -2.27. The summed E-state index contributed by atoms with van der Waals surface area (Å²) in [6.45, 7) is 0. The first kappa shape index (κ1) is 9.82. The van der Waals surface area contributed by atoms with E-state index in [4.69, 9.17) is 5.53 Å². The monoisotopic (exact) mass is 193 g/mol. The molecule has 0 spiro atoms. The van der Waals surface area contributed by atoms with Crippen LogP contribution < -0.4 is 5.32 Å². The lowest BCUT2D eigenvalue weighted by molar-refractivity contribution is -0.384. The van der Waals surface area contributed by atoms with Crippen LogP contribution in [0.5, 0.6) is 0 Å². The van der Waals surface area contributed by atoms with Crippen molar-refractivity contribution in [1.29, 1.82) is 0 Å². The smallest absolute Gasteiger partial charge is 0.270 e. The molecule has 0 radical (unpaired) electrons. The number of nitrogens with one attached hydrogen (secondary N) is 1. The van der Waals surface area contributed by atoms with Gasteiger partial charge in [0.2, 0.25) is 0 Å². The third-order valence-electron chi connectivity index (χ3n) is 1.61. The third-order valence-corrected chi connectivity index (χ3v) is 1.61. The predicted octanol–water partition coefficient (Wildman–Crippen LogP) is 2.58. The van der Waals surface area contributed by atoms with E-state index in [1.54, 1.807) is 7.05 Å². The molecule has 0 unspecified atom stereocenters. The van der Waals surface area contributed by atoms with Gasteiger partial charge in [0.1, 0.15) is 0 Å². The number of hydrogen-bond acceptors (Lipinski definition) is 4. The topological polar surface area (TPSA) is 104 Å². The molecule has 0 saturated heterocycles. The minimum absolute atomic E-state index is 0.105. The molecule has 0 saturated carbocycles. The molecule has 0 aliphatic carbocycles. The molecule has 0 aliphatic rings. The molecule has 0 amide bonds. The van der Waals surface area contributed by atoms with Crippen LogP contribution in [-0.4, -0.2) is 12.0 Å². The molecule has 0 aromatic heterocycles. The van der Waals surface area contributed by atoms with Gasteiger partial charge in [-0.05, 0) is 11.6 Å². The largest absolute Gasteiger partial charge is 0.388 e. The van der Waals surface area contributed by atoms with Crippen LogP contribution in [-0.2, 0) is 0 Å². The Bertz CT molecular complexity index is 411. The van der Waals surface area contributed by atoms with Crippen LogP contribution in [0.3, 0.4) is 0 Å². The van der Waals surface area contributed by atoms with Crippen LogP contribution in [0.1, 0.15) is 0 Å². The van der Waals surface area contributed by atoms with Crippen molar-refractivity contribution in [3.63, 3.8) is 0 Å². The number of anilines is 1. The van der Waals surface area contributed by atoms with Gasteiger partial charge in [-0.25, -0.2) is 0 Å². The Morgan fingerprint density at radius 3 is 2.86 bits per heavy atom. The van der Waals surface area contributed by atoms with E-state index in [1.807, 2.05) is 0 Å². The number of nitro benzene ring substituents is 1. The highest BCUT2D eigenvalue weighted by Crippen LogP contribution is 2.29. The summed E-state index contributed by atoms with van der Waals surface area (Å²) in [7, 11) is 1.64. The first-order valence-corrected chi connectivity index (χ1v) is 3.70. The zero-order valence-corrected chi connectivity index (χ0v) is 7.34. The Labute approximate surface area is 79.1 Å². The van der Waals surface area contributed by atoms with Crippen molar-refractivity contribution in [3.05, 3.63) is 38.8 Å². The van der Waals surface area contributed by atoms with Crippen molar-refractivity contribution in [2.24, 2.45) is 5.11 Å². The Morgan fingerprint density at radius 2 is 2.36 bits per heavy atom. The first-order chi connectivity index (χ1) is 6.69. The lowest BCUT2D eigenvalue weighted by Gasteiger charge is -2.02. The molecule has 1 N–H and O–H groups in total. The van der Waals surface area contributed by atoms with Gasteiger partial charge in [-0.1, -0.05) is 5.11 Å². The van der Waals surface area contributed by atoms with Gasteiger partial charge in [0.05, 0.1) is 10.6 Å². The molecule has 14 heavy (non-hydrogen) atoms. The average Bonchev–Trinajstić information content (AvgIpc) is 2.18. The van der Waals surface area contributed by atoms with Gasteiger partial charge < -0.3 is 5.32 Å². The van der Waals surface area contributed by atoms with E-state index in [9.17, 15) is 10.1 Å². The minimum atomic E-state index is -0.546. The summed E-state index contributed by atoms with van der Waals surface area (Å²) < 4.78 is 0. The quantitative estimate of drug-likeness (QED) is 0.262. The van der Waals surface area contributed by atoms with E-state index in [2.05, 4.69) is 15.3 Å². The zero-order valence-electron chi connectivity index (χ0n) is 7.34. The zero-order chi connectivity index (χ0) is 10.6. The van der Waals surface area contributed by atoms with Crippen LogP contribution in [0.4, 0.5) is 17.1 Å². The highest BCUT2D eigenvalue weighted by atomic mass is 16.6. The van der Waals surface area contributed by atoms with E-state index in [1.165, 1.54) is 18.2 Å². The van der Waals surface area contributed by atoms with Crippen molar-refractivity contribution >= 4 is 17.1 Å². The van der Waals surface area contributed by atoms with Gasteiger partial charge in [-0.15, -0.1) is 0 Å². The van der Waals surface area contributed by atoms with Crippen molar-refractivity contribution in [1.82, 2.24) is 0 Å². The number of non-ortho nitro benzene ring substituents is 1. The van der Waals surface area contributed by atoms with Crippen molar-refractivity contribution in [3.8, 4) is 0 Å². The van der Waals surface area contributed by atoms with E-state index < -0.39 is 4.92 Å². The van der Waals surface area contributed by atoms with E-state index in [0.717, 1.165) is 0 Å². The molecule has 7 heteroatoms. The molecule has 0 aliphatic heterocycles. The summed E-state index contributed by atoms with van der Waals surface area (Å²) in [5.41, 5.74) is 8.89.